The predicted octanol–water partition coefficient (Wildman–Crippen LogP) is -1.31. The van der Waals surface area contributed by atoms with Gasteiger partial charge in [-0.15, -0.1) is 5.10 Å². The van der Waals surface area contributed by atoms with Crippen molar-refractivity contribution in [3.63, 3.8) is 0 Å². The summed E-state index contributed by atoms with van der Waals surface area (Å²) in [6.45, 7) is -0.241. The third-order valence-corrected chi connectivity index (χ3v) is 1.49. The molecular formula is C5H4N3O3S. The van der Waals surface area contributed by atoms with Crippen LogP contribution in [0.2, 0.25) is 0 Å². The van der Waals surface area contributed by atoms with E-state index in [-0.39, 0.29) is 11.7 Å². The van der Waals surface area contributed by atoms with Gasteiger partial charge in [-0.3, -0.25) is 14.2 Å². The van der Waals surface area contributed by atoms with E-state index in [1.807, 2.05) is 5.10 Å². The fourth-order valence-electron chi connectivity index (χ4n) is 0.652. The van der Waals surface area contributed by atoms with Crippen molar-refractivity contribution in [2.75, 3.05) is 0 Å². The number of carbonyl (C=O) groups excluding carboxylic acids is 1. The molecular weight excluding hydrogens is 182 g/mol. The minimum Gasteiger partial charge on any atom is -0.301 e. The van der Waals surface area contributed by atoms with Gasteiger partial charge < -0.3 is 4.79 Å². The lowest BCUT2D eigenvalue weighted by atomic mass is 10.6. The molecule has 0 spiro atoms. The third-order valence-electron chi connectivity index (χ3n) is 1.18. The van der Waals surface area contributed by atoms with Gasteiger partial charge in [0.15, 0.2) is 0 Å². The average Bonchev–Trinajstić information content (AvgIpc) is 2.06. The number of rotatable bonds is 2. The van der Waals surface area contributed by atoms with E-state index < -0.39 is 11.1 Å². The topological polar surface area (TPSA) is 84.8 Å². The highest BCUT2D eigenvalue weighted by molar-refractivity contribution is 7.80. The Kier molecular flexibility index (Phi) is 2.34. The van der Waals surface area contributed by atoms with Crippen LogP contribution in [0.3, 0.4) is 0 Å². The first-order valence-corrected chi connectivity index (χ1v) is 3.38. The van der Waals surface area contributed by atoms with Gasteiger partial charge >= 0.3 is 11.1 Å². The van der Waals surface area contributed by atoms with E-state index in [0.29, 0.717) is 6.29 Å². The van der Waals surface area contributed by atoms with Gasteiger partial charge in [0, 0.05) is 0 Å². The molecule has 1 aromatic rings. The Balaban J connectivity index is 3.43. The molecule has 0 aliphatic heterocycles. The monoisotopic (exact) mass is 186 g/mol. The Morgan fingerprint density at radius 3 is 2.83 bits per heavy atom. The molecule has 0 bridgehead atoms. The lowest BCUT2D eigenvalue weighted by molar-refractivity contribution is -0.108. The van der Waals surface area contributed by atoms with Crippen molar-refractivity contribution in [2.45, 2.75) is 11.7 Å². The summed E-state index contributed by atoms with van der Waals surface area (Å²) < 4.78 is 0.821. The Bertz CT molecular complexity index is 407. The van der Waals surface area contributed by atoms with Crippen molar-refractivity contribution < 1.29 is 4.79 Å². The van der Waals surface area contributed by atoms with Crippen LogP contribution < -0.4 is 11.1 Å². The molecule has 0 aromatic carbocycles. The maximum Gasteiger partial charge on any atom is 0.330 e. The summed E-state index contributed by atoms with van der Waals surface area (Å²) in [6.07, 6.45) is 0.471. The first-order valence-electron chi connectivity index (χ1n) is 2.97. The third kappa shape index (κ3) is 1.40. The zero-order valence-corrected chi connectivity index (χ0v) is 6.63. The largest absolute Gasteiger partial charge is 0.330 e. The van der Waals surface area contributed by atoms with Crippen LogP contribution in [-0.4, -0.2) is 21.1 Å². The smallest absolute Gasteiger partial charge is 0.301 e. The summed E-state index contributed by atoms with van der Waals surface area (Å²) >= 11 is 4.59. The molecule has 63 valence electrons. The van der Waals surface area contributed by atoms with Crippen LogP contribution in [0, 0.1) is 0 Å². The minimum atomic E-state index is -0.884. The molecule has 0 unspecified atom stereocenters. The summed E-state index contributed by atoms with van der Waals surface area (Å²) in [4.78, 5) is 31.6. The van der Waals surface area contributed by atoms with Crippen LogP contribution in [0.5, 0.6) is 0 Å². The van der Waals surface area contributed by atoms with Crippen LogP contribution in [0.4, 0.5) is 0 Å². The molecule has 0 saturated heterocycles. The van der Waals surface area contributed by atoms with E-state index >= 15 is 0 Å². The van der Waals surface area contributed by atoms with Gasteiger partial charge in [-0.05, 0) is 12.6 Å². The molecule has 0 aliphatic rings. The first kappa shape index (κ1) is 8.60. The van der Waals surface area contributed by atoms with E-state index in [4.69, 9.17) is 0 Å². The molecule has 0 atom stereocenters. The number of H-pyrrole nitrogens is 1. The highest BCUT2D eigenvalue weighted by atomic mass is 32.1. The SMILES string of the molecule is O=CCn1c([S])n[nH]c(=O)c1=O. The Morgan fingerprint density at radius 2 is 2.25 bits per heavy atom. The minimum absolute atomic E-state index is 0.105. The number of hydrogen-bond donors (Lipinski definition) is 1. The number of aldehydes is 1. The number of nitrogens with one attached hydrogen (secondary N) is 1. The van der Waals surface area contributed by atoms with E-state index in [9.17, 15) is 14.4 Å². The van der Waals surface area contributed by atoms with Gasteiger partial charge in [-0.25, -0.2) is 5.10 Å². The molecule has 1 radical (unpaired) electrons. The number of hydrogen-bond acceptors (Lipinski definition) is 4. The van der Waals surface area contributed by atoms with Gasteiger partial charge in [0.2, 0.25) is 5.16 Å². The molecule has 6 nitrogen and oxygen atoms in total. The second kappa shape index (κ2) is 3.26. The van der Waals surface area contributed by atoms with Gasteiger partial charge in [0.1, 0.15) is 6.29 Å². The van der Waals surface area contributed by atoms with Crippen molar-refractivity contribution in [1.82, 2.24) is 14.8 Å². The van der Waals surface area contributed by atoms with E-state index in [0.717, 1.165) is 4.57 Å². The number of aromatic amines is 1. The maximum absolute atomic E-state index is 10.9. The molecule has 0 aliphatic carbocycles. The summed E-state index contributed by atoms with van der Waals surface area (Å²) in [7, 11) is 0. The molecule has 7 heteroatoms. The molecule has 1 N–H and O–H groups in total. The molecule has 1 rings (SSSR count). The Hall–Kier alpha value is -1.50. The number of carbonyl (C=O) groups is 1. The van der Waals surface area contributed by atoms with E-state index in [1.165, 1.54) is 0 Å². The van der Waals surface area contributed by atoms with Crippen LogP contribution in [0.15, 0.2) is 14.7 Å². The van der Waals surface area contributed by atoms with Gasteiger partial charge in [0.05, 0.1) is 6.54 Å². The number of aromatic nitrogens is 3. The zero-order valence-electron chi connectivity index (χ0n) is 5.81. The standard InChI is InChI=1S/C5H4N3O3S/c9-2-1-8-4(11)3(10)6-7-5(8)12/h2H,1H2,(H,6,10). The highest BCUT2D eigenvalue weighted by Gasteiger charge is 2.04. The van der Waals surface area contributed by atoms with Crippen LogP contribution in [-0.2, 0) is 11.3 Å². The normalized spacial score (nSPS) is 9.67. The van der Waals surface area contributed by atoms with Gasteiger partial charge in [-0.1, -0.05) is 0 Å². The van der Waals surface area contributed by atoms with Crippen molar-refractivity contribution in [2.24, 2.45) is 0 Å². The second-order valence-corrected chi connectivity index (χ2v) is 2.28. The number of nitrogens with zero attached hydrogens (tertiary/aromatic N) is 2. The Morgan fingerprint density at radius 1 is 1.58 bits per heavy atom. The van der Waals surface area contributed by atoms with Crippen molar-refractivity contribution >= 4 is 18.9 Å². The second-order valence-electron chi connectivity index (χ2n) is 1.92. The molecule has 0 amide bonds. The van der Waals surface area contributed by atoms with E-state index in [2.05, 4.69) is 17.7 Å². The van der Waals surface area contributed by atoms with Crippen LogP contribution >= 0.6 is 12.6 Å². The highest BCUT2D eigenvalue weighted by Crippen LogP contribution is 1.91. The summed E-state index contributed by atoms with van der Waals surface area (Å²) in [6, 6.07) is 0. The van der Waals surface area contributed by atoms with Gasteiger partial charge in [0.25, 0.3) is 0 Å². The lowest BCUT2D eigenvalue weighted by Gasteiger charge is -1.98. The molecule has 0 saturated carbocycles. The fraction of sp³-hybridized carbons (Fsp3) is 0.200. The maximum atomic E-state index is 10.9. The molecule has 0 fully saturated rings. The lowest BCUT2D eigenvalue weighted by Crippen LogP contribution is -2.38. The van der Waals surface area contributed by atoms with Gasteiger partial charge in [-0.2, -0.15) is 0 Å². The summed E-state index contributed by atoms with van der Waals surface area (Å²) in [5, 5.41) is 5.14. The predicted molar refractivity (Wildman–Crippen MR) is 41.0 cm³/mol. The zero-order chi connectivity index (χ0) is 9.14. The Labute approximate surface area is 71.6 Å². The average molecular weight is 186 g/mol. The first-order chi connectivity index (χ1) is 5.66. The molecule has 12 heavy (non-hydrogen) atoms. The van der Waals surface area contributed by atoms with Crippen molar-refractivity contribution in [1.29, 1.82) is 0 Å². The summed E-state index contributed by atoms with van der Waals surface area (Å²) in [5.41, 5.74) is -1.74. The molecule has 1 aromatic heterocycles. The van der Waals surface area contributed by atoms with E-state index in [1.54, 1.807) is 0 Å². The fourth-order valence-corrected chi connectivity index (χ4v) is 0.855. The van der Waals surface area contributed by atoms with Crippen LogP contribution in [0.25, 0.3) is 0 Å². The quantitative estimate of drug-likeness (QED) is 0.459. The summed E-state index contributed by atoms with van der Waals surface area (Å²) in [5.74, 6) is 0. The van der Waals surface area contributed by atoms with Crippen molar-refractivity contribution in [3.8, 4) is 0 Å². The molecule has 1 heterocycles. The van der Waals surface area contributed by atoms with Crippen molar-refractivity contribution in [3.05, 3.63) is 20.7 Å². The van der Waals surface area contributed by atoms with Crippen LogP contribution in [0.1, 0.15) is 0 Å².